The number of nitrogens with zero attached hydrogens (tertiary/aromatic N) is 1. The smallest absolute Gasteiger partial charge is 0.225 e. The standard InChI is InChI=1S/C23H24N2O5S/c1-14-5-6-19(23-15(2)16(3)25-30-23)13-21(14)31(28,29)12-11-22(27)24-20-9-7-18(8-10-20)17(4)26/h5-10,13H,11-12H2,1-4H3,(H,24,27). The number of benzene rings is 2. The molecule has 0 fully saturated rings. The summed E-state index contributed by atoms with van der Waals surface area (Å²) in [6, 6.07) is 11.5. The molecule has 0 aliphatic carbocycles. The van der Waals surface area contributed by atoms with Gasteiger partial charge in [-0.25, -0.2) is 8.42 Å². The predicted molar refractivity (Wildman–Crippen MR) is 118 cm³/mol. The lowest BCUT2D eigenvalue weighted by atomic mass is 10.1. The molecule has 1 heterocycles. The molecule has 3 aromatic rings. The van der Waals surface area contributed by atoms with Crippen LogP contribution < -0.4 is 5.32 Å². The van der Waals surface area contributed by atoms with E-state index in [2.05, 4.69) is 10.5 Å². The first-order valence-corrected chi connectivity index (χ1v) is 11.4. The molecule has 0 saturated carbocycles. The maximum atomic E-state index is 12.9. The highest BCUT2D eigenvalue weighted by molar-refractivity contribution is 7.91. The van der Waals surface area contributed by atoms with E-state index in [4.69, 9.17) is 4.52 Å². The van der Waals surface area contributed by atoms with Gasteiger partial charge in [0, 0.05) is 28.8 Å². The minimum atomic E-state index is -3.70. The van der Waals surface area contributed by atoms with Crippen LogP contribution in [0.3, 0.4) is 0 Å². The van der Waals surface area contributed by atoms with Gasteiger partial charge in [-0.1, -0.05) is 17.3 Å². The van der Waals surface area contributed by atoms with E-state index >= 15 is 0 Å². The average Bonchev–Trinajstić information content (AvgIpc) is 3.06. The predicted octanol–water partition coefficient (Wildman–Crippen LogP) is 4.27. The van der Waals surface area contributed by atoms with Crippen molar-refractivity contribution in [2.45, 2.75) is 39.0 Å². The fraction of sp³-hybridized carbons (Fsp3) is 0.261. The van der Waals surface area contributed by atoms with Crippen LogP contribution in [0.15, 0.2) is 51.9 Å². The van der Waals surface area contributed by atoms with Crippen molar-refractivity contribution in [2.75, 3.05) is 11.1 Å². The Hall–Kier alpha value is -3.26. The molecule has 0 aliphatic heterocycles. The second kappa shape index (κ2) is 8.85. The molecule has 0 aliphatic rings. The van der Waals surface area contributed by atoms with E-state index in [-0.39, 0.29) is 22.9 Å². The Balaban J connectivity index is 1.73. The third-order valence-electron chi connectivity index (χ3n) is 5.12. The lowest BCUT2D eigenvalue weighted by molar-refractivity contribution is -0.115. The highest BCUT2D eigenvalue weighted by Gasteiger charge is 2.21. The largest absolute Gasteiger partial charge is 0.356 e. The van der Waals surface area contributed by atoms with Gasteiger partial charge in [-0.15, -0.1) is 0 Å². The number of carbonyl (C=O) groups is 2. The van der Waals surface area contributed by atoms with Gasteiger partial charge in [0.1, 0.15) is 0 Å². The molecule has 31 heavy (non-hydrogen) atoms. The number of hydrogen-bond acceptors (Lipinski definition) is 6. The van der Waals surface area contributed by atoms with Crippen molar-refractivity contribution in [2.24, 2.45) is 0 Å². The topological polar surface area (TPSA) is 106 Å². The van der Waals surface area contributed by atoms with Crippen molar-refractivity contribution in [3.63, 3.8) is 0 Å². The van der Waals surface area contributed by atoms with Crippen molar-refractivity contribution in [1.82, 2.24) is 5.16 Å². The van der Waals surface area contributed by atoms with Crippen LogP contribution in [0.2, 0.25) is 0 Å². The van der Waals surface area contributed by atoms with E-state index in [1.165, 1.54) is 6.92 Å². The van der Waals surface area contributed by atoms with Crippen molar-refractivity contribution in [3.05, 3.63) is 64.8 Å². The molecule has 1 N–H and O–H groups in total. The summed E-state index contributed by atoms with van der Waals surface area (Å²) in [5.74, 6) is -0.295. The zero-order valence-electron chi connectivity index (χ0n) is 17.9. The van der Waals surface area contributed by atoms with E-state index in [9.17, 15) is 18.0 Å². The number of anilines is 1. The van der Waals surface area contributed by atoms with E-state index < -0.39 is 15.7 Å². The number of Topliss-reactive ketones (excluding diaryl/α,β-unsaturated/α-hetero) is 1. The second-order valence-corrected chi connectivity index (χ2v) is 9.53. The molecule has 0 unspecified atom stereocenters. The van der Waals surface area contributed by atoms with Gasteiger partial charge in [-0.2, -0.15) is 0 Å². The van der Waals surface area contributed by atoms with Gasteiger partial charge >= 0.3 is 0 Å². The SMILES string of the molecule is CC(=O)c1ccc(NC(=O)CCS(=O)(=O)c2cc(-c3onc(C)c3C)ccc2C)cc1. The summed E-state index contributed by atoms with van der Waals surface area (Å²) < 4.78 is 31.2. The van der Waals surface area contributed by atoms with Gasteiger partial charge in [0.05, 0.1) is 16.3 Å². The molecule has 0 spiro atoms. The van der Waals surface area contributed by atoms with E-state index in [1.807, 2.05) is 13.8 Å². The van der Waals surface area contributed by atoms with Crippen LogP contribution in [-0.4, -0.2) is 31.0 Å². The summed E-state index contributed by atoms with van der Waals surface area (Å²) in [5, 5.41) is 6.58. The zero-order chi connectivity index (χ0) is 22.8. The lowest BCUT2D eigenvalue weighted by Gasteiger charge is -2.10. The maximum absolute atomic E-state index is 12.9. The quantitative estimate of drug-likeness (QED) is 0.550. The Bertz CT molecular complexity index is 1240. The lowest BCUT2D eigenvalue weighted by Crippen LogP contribution is -2.18. The number of ketones is 1. The van der Waals surface area contributed by atoms with E-state index in [0.717, 1.165) is 11.3 Å². The molecule has 0 saturated heterocycles. The van der Waals surface area contributed by atoms with E-state index in [1.54, 1.807) is 49.4 Å². The molecule has 1 aromatic heterocycles. The number of carbonyl (C=O) groups excluding carboxylic acids is 2. The first-order valence-electron chi connectivity index (χ1n) is 9.76. The summed E-state index contributed by atoms with van der Waals surface area (Å²) in [5.41, 5.74) is 3.85. The Morgan fingerprint density at radius 1 is 1.03 bits per heavy atom. The number of amides is 1. The summed E-state index contributed by atoms with van der Waals surface area (Å²) in [6.07, 6.45) is -0.194. The number of aryl methyl sites for hydroxylation is 2. The van der Waals surface area contributed by atoms with Gasteiger partial charge in [-0.3, -0.25) is 9.59 Å². The van der Waals surface area contributed by atoms with Crippen LogP contribution in [0.5, 0.6) is 0 Å². The molecule has 162 valence electrons. The highest BCUT2D eigenvalue weighted by atomic mass is 32.2. The van der Waals surface area contributed by atoms with Gasteiger partial charge in [0.15, 0.2) is 21.4 Å². The highest BCUT2D eigenvalue weighted by Crippen LogP contribution is 2.29. The summed E-state index contributed by atoms with van der Waals surface area (Å²) in [7, 11) is -3.70. The fourth-order valence-corrected chi connectivity index (χ4v) is 4.65. The van der Waals surface area contributed by atoms with Gasteiger partial charge in [0.25, 0.3) is 0 Å². The van der Waals surface area contributed by atoms with Crippen LogP contribution >= 0.6 is 0 Å². The van der Waals surface area contributed by atoms with E-state index in [0.29, 0.717) is 28.1 Å². The molecular weight excluding hydrogens is 416 g/mol. The normalized spacial score (nSPS) is 11.4. The maximum Gasteiger partial charge on any atom is 0.225 e. The van der Waals surface area contributed by atoms with Crippen molar-refractivity contribution in [1.29, 1.82) is 0 Å². The van der Waals surface area contributed by atoms with Gasteiger partial charge < -0.3 is 9.84 Å². The first-order chi connectivity index (χ1) is 14.6. The number of rotatable bonds is 7. The summed E-state index contributed by atoms with van der Waals surface area (Å²) in [6.45, 7) is 6.86. The average molecular weight is 441 g/mol. The molecule has 2 aromatic carbocycles. The molecule has 0 radical (unpaired) electrons. The Morgan fingerprint density at radius 2 is 1.71 bits per heavy atom. The Labute approximate surface area is 181 Å². The minimum absolute atomic E-state index is 0.0720. The second-order valence-electron chi connectivity index (χ2n) is 7.45. The van der Waals surface area contributed by atoms with Crippen molar-refractivity contribution >= 4 is 27.2 Å². The Morgan fingerprint density at radius 3 is 2.29 bits per heavy atom. The molecule has 8 heteroatoms. The molecular formula is C23H24N2O5S. The number of aromatic nitrogens is 1. The summed E-state index contributed by atoms with van der Waals surface area (Å²) >= 11 is 0. The van der Waals surface area contributed by atoms with Crippen molar-refractivity contribution in [3.8, 4) is 11.3 Å². The number of hydrogen-bond donors (Lipinski definition) is 1. The summed E-state index contributed by atoms with van der Waals surface area (Å²) in [4.78, 5) is 23.8. The molecule has 1 amide bonds. The van der Waals surface area contributed by atoms with Crippen LogP contribution in [0, 0.1) is 20.8 Å². The number of nitrogens with one attached hydrogen (secondary N) is 1. The van der Waals surface area contributed by atoms with Crippen LogP contribution in [0.4, 0.5) is 5.69 Å². The minimum Gasteiger partial charge on any atom is -0.356 e. The van der Waals surface area contributed by atoms with Crippen LogP contribution in [-0.2, 0) is 14.6 Å². The zero-order valence-corrected chi connectivity index (χ0v) is 18.7. The molecule has 0 atom stereocenters. The first kappa shape index (κ1) is 22.4. The Kier molecular flexibility index (Phi) is 6.40. The third-order valence-corrected chi connectivity index (χ3v) is 6.97. The number of sulfone groups is 1. The van der Waals surface area contributed by atoms with Gasteiger partial charge in [-0.05, 0) is 63.6 Å². The monoisotopic (exact) mass is 440 g/mol. The van der Waals surface area contributed by atoms with Crippen LogP contribution in [0.1, 0.15) is 40.5 Å². The van der Waals surface area contributed by atoms with Crippen LogP contribution in [0.25, 0.3) is 11.3 Å². The van der Waals surface area contributed by atoms with Gasteiger partial charge in [0.2, 0.25) is 5.91 Å². The molecule has 3 rings (SSSR count). The molecule has 7 nitrogen and oxygen atoms in total. The third kappa shape index (κ3) is 5.08. The fourth-order valence-electron chi connectivity index (χ4n) is 3.11. The van der Waals surface area contributed by atoms with Crippen molar-refractivity contribution < 1.29 is 22.5 Å². The molecule has 0 bridgehead atoms.